The molecule has 0 bridgehead atoms. The molecule has 1 N–H and O–H groups in total. The van der Waals surface area contributed by atoms with E-state index in [-0.39, 0.29) is 24.3 Å². The Labute approximate surface area is 201 Å². The van der Waals surface area contributed by atoms with Crippen molar-refractivity contribution < 1.29 is 13.9 Å². The maximum absolute atomic E-state index is 13.3. The number of imidazole rings is 1. The first-order valence-corrected chi connectivity index (χ1v) is 11.5. The zero-order valence-corrected chi connectivity index (χ0v) is 19.8. The molecule has 1 fully saturated rings. The fraction of sp³-hybridized carbons (Fsp3) is 0.375. The number of fused-ring (bicyclic) bond motifs is 1. The quantitative estimate of drug-likeness (QED) is 0.385. The normalized spacial score (nSPS) is 18.0. The van der Waals surface area contributed by atoms with Crippen molar-refractivity contribution in [2.75, 3.05) is 23.9 Å². The standard InChI is InChI=1S/C24H27FN8O2/c1-15(2)31-13-22(27-14-31)28-23-18-5-4-8-33(18)30-24(29-23)32-12-17(35-3)10-19(32)20(34)9-16-6-7-21(25)26-11-16/h4-8,11,13-15,17,19H,9-10,12H2,1-3H3,(H,28,29,30)/t17-,19+/m1/s1. The number of anilines is 3. The molecule has 1 saturated heterocycles. The topological polar surface area (TPSA) is 102 Å². The predicted octanol–water partition coefficient (Wildman–Crippen LogP) is 3.19. The Bertz CT molecular complexity index is 1330. The highest BCUT2D eigenvalue weighted by Gasteiger charge is 2.38. The van der Waals surface area contributed by atoms with E-state index in [1.54, 1.807) is 24.0 Å². The van der Waals surface area contributed by atoms with Gasteiger partial charge in [0.05, 0.1) is 18.5 Å². The van der Waals surface area contributed by atoms with E-state index in [1.807, 2.05) is 34.0 Å². The Morgan fingerprint density at radius 2 is 2.14 bits per heavy atom. The van der Waals surface area contributed by atoms with Gasteiger partial charge >= 0.3 is 0 Å². The van der Waals surface area contributed by atoms with Gasteiger partial charge in [0.25, 0.3) is 0 Å². The molecule has 0 spiro atoms. The van der Waals surface area contributed by atoms with E-state index in [0.717, 1.165) is 5.52 Å². The van der Waals surface area contributed by atoms with Crippen LogP contribution in [-0.4, -0.2) is 60.7 Å². The summed E-state index contributed by atoms with van der Waals surface area (Å²) in [5.74, 6) is 1.06. The summed E-state index contributed by atoms with van der Waals surface area (Å²) in [7, 11) is 1.63. The van der Waals surface area contributed by atoms with Gasteiger partial charge in [0.15, 0.2) is 11.6 Å². The Hall–Kier alpha value is -3.86. The molecule has 182 valence electrons. The van der Waals surface area contributed by atoms with Crippen LogP contribution in [0.2, 0.25) is 0 Å². The van der Waals surface area contributed by atoms with Gasteiger partial charge in [-0.25, -0.2) is 14.5 Å². The van der Waals surface area contributed by atoms with Crippen LogP contribution in [0, 0.1) is 5.95 Å². The van der Waals surface area contributed by atoms with Crippen LogP contribution in [-0.2, 0) is 16.0 Å². The number of Topliss-reactive ketones (excluding diaryl/α,β-unsaturated/α-hetero) is 1. The summed E-state index contributed by atoms with van der Waals surface area (Å²) in [6.45, 7) is 4.64. The zero-order valence-electron chi connectivity index (χ0n) is 19.8. The molecular weight excluding hydrogens is 451 g/mol. The molecule has 4 aromatic rings. The van der Waals surface area contributed by atoms with E-state index in [2.05, 4.69) is 34.2 Å². The molecule has 1 aliphatic heterocycles. The van der Waals surface area contributed by atoms with Crippen LogP contribution in [0.3, 0.4) is 0 Å². The third-order valence-electron chi connectivity index (χ3n) is 6.22. The fourth-order valence-corrected chi connectivity index (χ4v) is 4.27. The van der Waals surface area contributed by atoms with Gasteiger partial charge in [0.2, 0.25) is 11.9 Å². The van der Waals surface area contributed by atoms with Crippen molar-refractivity contribution in [2.24, 2.45) is 0 Å². The summed E-state index contributed by atoms with van der Waals surface area (Å²) in [5, 5.41) is 7.97. The van der Waals surface area contributed by atoms with Crippen LogP contribution in [0.4, 0.5) is 22.0 Å². The number of halogens is 1. The van der Waals surface area contributed by atoms with Crippen molar-refractivity contribution in [2.45, 2.75) is 44.9 Å². The van der Waals surface area contributed by atoms with Crippen molar-refractivity contribution >= 4 is 28.9 Å². The molecule has 10 nitrogen and oxygen atoms in total. The average molecular weight is 479 g/mol. The summed E-state index contributed by atoms with van der Waals surface area (Å²) >= 11 is 0. The highest BCUT2D eigenvalue weighted by atomic mass is 19.1. The molecule has 0 unspecified atom stereocenters. The molecular formula is C24H27FN8O2. The van der Waals surface area contributed by atoms with Crippen LogP contribution in [0.25, 0.3) is 5.52 Å². The lowest BCUT2D eigenvalue weighted by Crippen LogP contribution is -2.38. The van der Waals surface area contributed by atoms with Gasteiger partial charge in [0, 0.05) is 51.1 Å². The molecule has 0 aliphatic carbocycles. The number of rotatable bonds is 8. The lowest BCUT2D eigenvalue weighted by Gasteiger charge is -2.24. The second kappa shape index (κ2) is 9.41. The van der Waals surface area contributed by atoms with Gasteiger partial charge < -0.3 is 19.5 Å². The van der Waals surface area contributed by atoms with Gasteiger partial charge in [-0.3, -0.25) is 4.79 Å². The maximum atomic E-state index is 13.3. The first-order chi connectivity index (χ1) is 16.9. The van der Waals surface area contributed by atoms with Gasteiger partial charge in [0.1, 0.15) is 11.3 Å². The maximum Gasteiger partial charge on any atom is 0.246 e. The smallest absolute Gasteiger partial charge is 0.246 e. The zero-order chi connectivity index (χ0) is 24.5. The number of hydrogen-bond acceptors (Lipinski definition) is 8. The molecule has 2 atom stereocenters. The number of hydrogen-bond donors (Lipinski definition) is 1. The number of methoxy groups -OCH3 is 1. The molecule has 11 heteroatoms. The lowest BCUT2D eigenvalue weighted by molar-refractivity contribution is -0.119. The Balaban J connectivity index is 1.45. The molecule has 0 aromatic carbocycles. The molecule has 0 saturated carbocycles. The Morgan fingerprint density at radius 1 is 1.29 bits per heavy atom. The van der Waals surface area contributed by atoms with Crippen LogP contribution < -0.4 is 10.2 Å². The average Bonchev–Trinajstić information content (AvgIpc) is 3.59. The van der Waals surface area contributed by atoms with Crippen LogP contribution in [0.5, 0.6) is 0 Å². The molecule has 35 heavy (non-hydrogen) atoms. The Morgan fingerprint density at radius 3 is 2.86 bits per heavy atom. The first kappa shape index (κ1) is 22.9. The molecule has 4 aromatic heterocycles. The number of aromatic nitrogens is 6. The van der Waals surface area contributed by atoms with E-state index < -0.39 is 12.0 Å². The minimum Gasteiger partial charge on any atom is -0.380 e. The first-order valence-electron chi connectivity index (χ1n) is 11.5. The van der Waals surface area contributed by atoms with Gasteiger partial charge in [-0.1, -0.05) is 6.07 Å². The van der Waals surface area contributed by atoms with E-state index in [1.165, 1.54) is 12.3 Å². The highest BCUT2D eigenvalue weighted by Crippen LogP contribution is 2.29. The van der Waals surface area contributed by atoms with E-state index >= 15 is 0 Å². The summed E-state index contributed by atoms with van der Waals surface area (Å²) in [4.78, 5) is 28.1. The molecule has 1 aliphatic rings. The SMILES string of the molecule is CO[C@@H]1C[C@@H](C(=O)Cc2ccc(F)nc2)N(c2nc(Nc3cn(C(C)C)cn3)c3cccn3n2)C1. The van der Waals surface area contributed by atoms with Gasteiger partial charge in [-0.15, -0.1) is 5.10 Å². The van der Waals surface area contributed by atoms with E-state index in [0.29, 0.717) is 36.1 Å². The molecule has 5 rings (SSSR count). The van der Waals surface area contributed by atoms with Crippen molar-refractivity contribution in [3.63, 3.8) is 0 Å². The van der Waals surface area contributed by atoms with Crippen molar-refractivity contribution in [1.82, 2.24) is 29.1 Å². The number of carbonyl (C=O) groups is 1. The fourth-order valence-electron chi connectivity index (χ4n) is 4.27. The van der Waals surface area contributed by atoms with E-state index in [4.69, 9.17) is 9.72 Å². The lowest BCUT2D eigenvalue weighted by atomic mass is 10.0. The van der Waals surface area contributed by atoms with Gasteiger partial charge in [-0.2, -0.15) is 9.37 Å². The summed E-state index contributed by atoms with van der Waals surface area (Å²) in [6.07, 6.45) is 7.42. The van der Waals surface area contributed by atoms with E-state index in [9.17, 15) is 9.18 Å². The van der Waals surface area contributed by atoms with Crippen molar-refractivity contribution in [1.29, 1.82) is 0 Å². The van der Waals surface area contributed by atoms with Crippen LogP contribution in [0.1, 0.15) is 31.9 Å². The number of nitrogens with one attached hydrogen (secondary N) is 1. The van der Waals surface area contributed by atoms with Crippen LogP contribution in [0.15, 0.2) is 49.2 Å². The highest BCUT2D eigenvalue weighted by molar-refractivity contribution is 5.89. The number of pyridine rings is 1. The minimum atomic E-state index is -0.574. The molecule has 0 radical (unpaired) electrons. The van der Waals surface area contributed by atoms with Crippen molar-refractivity contribution in [3.8, 4) is 0 Å². The number of carbonyl (C=O) groups excluding carboxylic acids is 1. The third-order valence-corrected chi connectivity index (χ3v) is 6.22. The Kier molecular flexibility index (Phi) is 6.16. The second-order valence-electron chi connectivity index (χ2n) is 8.92. The van der Waals surface area contributed by atoms with Crippen LogP contribution >= 0.6 is 0 Å². The minimum absolute atomic E-state index is 0.0284. The molecule has 0 amide bonds. The molecule has 5 heterocycles. The number of ether oxygens (including phenoxy) is 1. The van der Waals surface area contributed by atoms with Crippen molar-refractivity contribution in [3.05, 3.63) is 60.7 Å². The van der Waals surface area contributed by atoms with Gasteiger partial charge in [-0.05, 0) is 37.6 Å². The largest absolute Gasteiger partial charge is 0.380 e. The predicted molar refractivity (Wildman–Crippen MR) is 128 cm³/mol. The summed E-state index contributed by atoms with van der Waals surface area (Å²) in [6, 6.07) is 6.44. The monoisotopic (exact) mass is 478 g/mol. The summed E-state index contributed by atoms with van der Waals surface area (Å²) < 4.78 is 22.5. The summed E-state index contributed by atoms with van der Waals surface area (Å²) in [5.41, 5.74) is 1.44. The third kappa shape index (κ3) is 4.72. The number of nitrogens with zero attached hydrogens (tertiary/aromatic N) is 7. The number of ketones is 1. The second-order valence-corrected chi connectivity index (χ2v) is 8.92.